The van der Waals surface area contributed by atoms with Gasteiger partial charge in [0.1, 0.15) is 6.54 Å². The summed E-state index contributed by atoms with van der Waals surface area (Å²) in [6.45, 7) is 12.2. The van der Waals surface area contributed by atoms with Crippen molar-refractivity contribution < 1.29 is 9.59 Å². The van der Waals surface area contributed by atoms with Gasteiger partial charge in [0.05, 0.1) is 6.04 Å². The van der Waals surface area contributed by atoms with E-state index in [-0.39, 0.29) is 24.5 Å². The van der Waals surface area contributed by atoms with E-state index in [1.165, 1.54) is 37.1 Å². The lowest BCUT2D eigenvalue weighted by Crippen LogP contribution is -2.36. The fraction of sp³-hybridized carbons (Fsp3) is 0.750. The summed E-state index contributed by atoms with van der Waals surface area (Å²) in [5, 5.41) is 2.29. The van der Waals surface area contributed by atoms with E-state index >= 15 is 0 Å². The molecule has 1 aliphatic carbocycles. The van der Waals surface area contributed by atoms with Crippen LogP contribution >= 0.6 is 0 Å². The molecule has 1 unspecified atom stereocenters. The number of amides is 3. The molecule has 31 heavy (non-hydrogen) atoms. The average molecular weight is 436 g/mol. The van der Waals surface area contributed by atoms with Crippen LogP contribution in [0.1, 0.15) is 96.5 Å². The number of carbonyl (C=O) groups is 2. The summed E-state index contributed by atoms with van der Waals surface area (Å²) in [7, 11) is 0. The van der Waals surface area contributed by atoms with Crippen molar-refractivity contribution in [3.8, 4) is 0 Å². The number of nitrogens with one attached hydrogen (secondary N) is 4. The number of urea groups is 1. The third-order valence-corrected chi connectivity index (χ3v) is 5.41. The number of imide groups is 1. The molecule has 3 amide bonds. The third kappa shape index (κ3) is 11.4. The molecule has 2 fully saturated rings. The number of rotatable bonds is 12. The number of aromatic amines is 1. The summed E-state index contributed by atoms with van der Waals surface area (Å²) in [5.41, 5.74) is 8.98. The molecule has 7 nitrogen and oxygen atoms in total. The Kier molecular flexibility index (Phi) is 13.9. The molecule has 1 aromatic heterocycles. The van der Waals surface area contributed by atoms with Crippen LogP contribution in [0.3, 0.4) is 0 Å². The van der Waals surface area contributed by atoms with E-state index in [4.69, 9.17) is 0 Å². The first kappa shape index (κ1) is 27.2. The normalized spacial score (nSPS) is 16.2. The van der Waals surface area contributed by atoms with Gasteiger partial charge in [0.2, 0.25) is 5.91 Å². The van der Waals surface area contributed by atoms with Crippen LogP contribution in [-0.2, 0) is 4.79 Å². The van der Waals surface area contributed by atoms with Crippen LogP contribution in [0.2, 0.25) is 0 Å². The average Bonchev–Trinajstić information content (AvgIpc) is 3.39. The maximum Gasteiger partial charge on any atom is 0.324 e. The summed E-state index contributed by atoms with van der Waals surface area (Å²) in [5.74, 6) is 0.945. The Balaban J connectivity index is 0.000000508. The first-order valence-electron chi connectivity index (χ1n) is 12.3. The highest BCUT2D eigenvalue weighted by atomic mass is 16.2. The van der Waals surface area contributed by atoms with Gasteiger partial charge in [-0.25, -0.2) is 10.2 Å². The zero-order valence-electron chi connectivity index (χ0n) is 20.4. The lowest BCUT2D eigenvalue weighted by atomic mass is 10.2. The molecule has 1 atom stereocenters. The second-order valence-electron chi connectivity index (χ2n) is 8.20. The molecule has 0 bridgehead atoms. The maximum absolute atomic E-state index is 11.4. The van der Waals surface area contributed by atoms with Crippen LogP contribution in [0.15, 0.2) is 12.1 Å². The summed E-state index contributed by atoms with van der Waals surface area (Å²) < 4.78 is 0. The monoisotopic (exact) mass is 435 g/mol. The van der Waals surface area contributed by atoms with Gasteiger partial charge in [-0.1, -0.05) is 59.8 Å². The highest BCUT2D eigenvalue weighted by Gasteiger charge is 2.25. The van der Waals surface area contributed by atoms with Crippen molar-refractivity contribution in [2.45, 2.75) is 92.0 Å². The van der Waals surface area contributed by atoms with Crippen molar-refractivity contribution >= 4 is 11.9 Å². The molecule has 0 spiro atoms. The zero-order valence-corrected chi connectivity index (χ0v) is 20.4. The number of H-pyrrole nitrogens is 1. The summed E-state index contributed by atoms with van der Waals surface area (Å²) in [4.78, 5) is 27.3. The standard InChI is InChI=1S/C16H27N5O2.C6H12.C2H6/c1-3-13(14-8-7-12(2)18-14)20-17-9-5-4-6-10-21-11-15(22)19-16(21)23;1-2-3-6-4-5-6;1-2/h7-8,13,17-18,20H,3-6,9-11H2,1-2H3,(H,19,22,23);6H,2-5H2,1H3;1-2H3. The topological polar surface area (TPSA) is 89.3 Å². The van der Waals surface area contributed by atoms with Gasteiger partial charge < -0.3 is 9.88 Å². The third-order valence-electron chi connectivity index (χ3n) is 5.41. The van der Waals surface area contributed by atoms with Crippen molar-refractivity contribution in [3.63, 3.8) is 0 Å². The van der Waals surface area contributed by atoms with E-state index < -0.39 is 0 Å². The number of hydrogen-bond donors (Lipinski definition) is 4. The Morgan fingerprint density at radius 3 is 2.35 bits per heavy atom. The Morgan fingerprint density at radius 1 is 1.13 bits per heavy atom. The lowest BCUT2D eigenvalue weighted by molar-refractivity contribution is -0.118. The van der Waals surface area contributed by atoms with Gasteiger partial charge in [-0.15, -0.1) is 0 Å². The van der Waals surface area contributed by atoms with E-state index in [1.54, 1.807) is 4.90 Å². The second-order valence-corrected chi connectivity index (χ2v) is 8.20. The predicted molar refractivity (Wildman–Crippen MR) is 128 cm³/mol. The number of aryl methyl sites for hydroxylation is 1. The van der Waals surface area contributed by atoms with Crippen molar-refractivity contribution in [2.24, 2.45) is 5.92 Å². The number of nitrogens with zero attached hydrogens (tertiary/aromatic N) is 1. The van der Waals surface area contributed by atoms with Gasteiger partial charge in [-0.3, -0.25) is 15.5 Å². The molecule has 1 saturated carbocycles. The minimum absolute atomic E-state index is 0.201. The number of carbonyl (C=O) groups excluding carboxylic acids is 2. The molecule has 7 heteroatoms. The Hall–Kier alpha value is -1.86. The Morgan fingerprint density at radius 2 is 1.87 bits per heavy atom. The van der Waals surface area contributed by atoms with E-state index in [9.17, 15) is 9.59 Å². The quantitative estimate of drug-likeness (QED) is 0.215. The van der Waals surface area contributed by atoms with E-state index in [1.807, 2.05) is 13.8 Å². The van der Waals surface area contributed by atoms with Gasteiger partial charge in [0, 0.05) is 24.5 Å². The molecular formula is C24H45N5O2. The highest BCUT2D eigenvalue weighted by molar-refractivity contribution is 6.01. The second kappa shape index (κ2) is 15.9. The zero-order chi connectivity index (χ0) is 23.1. The summed E-state index contributed by atoms with van der Waals surface area (Å²) >= 11 is 0. The van der Waals surface area contributed by atoms with E-state index in [0.717, 1.165) is 38.1 Å². The molecule has 1 aromatic rings. The van der Waals surface area contributed by atoms with Crippen molar-refractivity contribution in [1.29, 1.82) is 0 Å². The van der Waals surface area contributed by atoms with Gasteiger partial charge in [0.15, 0.2) is 0 Å². The van der Waals surface area contributed by atoms with Gasteiger partial charge in [-0.2, -0.15) is 0 Å². The van der Waals surface area contributed by atoms with Crippen molar-refractivity contribution in [1.82, 2.24) is 26.1 Å². The van der Waals surface area contributed by atoms with Crippen molar-refractivity contribution in [3.05, 3.63) is 23.5 Å². The van der Waals surface area contributed by atoms with Gasteiger partial charge in [0.25, 0.3) is 0 Å². The highest BCUT2D eigenvalue weighted by Crippen LogP contribution is 2.33. The molecule has 2 aliphatic rings. The number of hydrogen-bond acceptors (Lipinski definition) is 4. The summed E-state index contributed by atoms with van der Waals surface area (Å²) in [6, 6.07) is 4.21. The van der Waals surface area contributed by atoms with Crippen LogP contribution in [0.25, 0.3) is 0 Å². The number of hydrazine groups is 1. The fourth-order valence-corrected chi connectivity index (χ4v) is 3.50. The molecule has 0 aromatic carbocycles. The molecule has 1 aliphatic heterocycles. The Bertz CT molecular complexity index is 627. The van der Waals surface area contributed by atoms with Crippen molar-refractivity contribution in [2.75, 3.05) is 19.6 Å². The largest absolute Gasteiger partial charge is 0.361 e. The molecular weight excluding hydrogens is 390 g/mol. The SMILES string of the molecule is CC.CCC(NNCCCCCN1CC(=O)NC1=O)c1ccc(C)[nH]1.CCCC1CC1. The van der Waals surface area contributed by atoms with E-state index in [0.29, 0.717) is 6.54 Å². The lowest BCUT2D eigenvalue weighted by Gasteiger charge is -2.17. The smallest absolute Gasteiger partial charge is 0.324 e. The van der Waals surface area contributed by atoms with Gasteiger partial charge in [-0.05, 0) is 44.2 Å². The predicted octanol–water partition coefficient (Wildman–Crippen LogP) is 4.81. The number of aromatic nitrogens is 1. The first-order valence-corrected chi connectivity index (χ1v) is 12.3. The molecule has 0 radical (unpaired) electrons. The Labute approximate surface area is 189 Å². The molecule has 1 saturated heterocycles. The molecule has 178 valence electrons. The number of unbranched alkanes of at least 4 members (excludes halogenated alkanes) is 2. The van der Waals surface area contributed by atoms with Crippen LogP contribution in [0.5, 0.6) is 0 Å². The van der Waals surface area contributed by atoms with Crippen LogP contribution in [0.4, 0.5) is 4.79 Å². The molecule has 2 heterocycles. The maximum atomic E-state index is 11.4. The van der Waals surface area contributed by atoms with Crippen LogP contribution < -0.4 is 16.2 Å². The first-order chi connectivity index (χ1) is 15.0. The fourth-order valence-electron chi connectivity index (χ4n) is 3.50. The van der Waals surface area contributed by atoms with E-state index in [2.05, 4.69) is 54.1 Å². The van der Waals surface area contributed by atoms with Crippen LogP contribution in [0, 0.1) is 12.8 Å². The van der Waals surface area contributed by atoms with Gasteiger partial charge >= 0.3 is 6.03 Å². The summed E-state index contributed by atoms with van der Waals surface area (Å²) in [6.07, 6.45) is 9.88. The van der Waals surface area contributed by atoms with Crippen LogP contribution in [-0.4, -0.2) is 41.5 Å². The molecule has 4 N–H and O–H groups in total. The minimum Gasteiger partial charge on any atom is -0.361 e. The minimum atomic E-state index is -0.262. The molecule has 3 rings (SSSR count).